The van der Waals surface area contributed by atoms with E-state index < -0.39 is 0 Å². The minimum absolute atomic E-state index is 0. The second-order valence-corrected chi connectivity index (χ2v) is 7.49. The summed E-state index contributed by atoms with van der Waals surface area (Å²) in [6.07, 6.45) is 2.11. The number of halogens is 3. The molecule has 2 aromatic carbocycles. The van der Waals surface area contributed by atoms with E-state index in [1.807, 2.05) is 13.2 Å². The molecule has 0 heterocycles. The quantitative estimate of drug-likeness (QED) is 0.178. The lowest BCUT2D eigenvalue weighted by molar-refractivity contribution is -0.120. The number of nitrogens with one attached hydrogen (secondary N) is 3. The third kappa shape index (κ3) is 10.3. The molecule has 5 nitrogen and oxygen atoms in total. The van der Waals surface area contributed by atoms with E-state index in [-0.39, 0.29) is 47.9 Å². The van der Waals surface area contributed by atoms with Gasteiger partial charge in [0, 0.05) is 25.4 Å². The Morgan fingerprint density at radius 2 is 1.74 bits per heavy atom. The lowest BCUT2D eigenvalue weighted by atomic mass is 10.1. The molecule has 0 aromatic heterocycles. The van der Waals surface area contributed by atoms with E-state index in [0.717, 1.165) is 16.9 Å². The van der Waals surface area contributed by atoms with E-state index in [1.165, 1.54) is 18.2 Å². The van der Waals surface area contributed by atoms with Gasteiger partial charge in [0.05, 0.1) is 13.0 Å². The van der Waals surface area contributed by atoms with E-state index in [0.29, 0.717) is 37.7 Å². The Kier molecular flexibility index (Phi) is 13.1. The summed E-state index contributed by atoms with van der Waals surface area (Å²) >= 11 is 1.64. The number of benzene rings is 2. The largest absolute Gasteiger partial charge is 0.357 e. The lowest BCUT2D eigenvalue weighted by Crippen LogP contribution is -2.41. The topological polar surface area (TPSA) is 65.5 Å². The normalized spacial score (nSPS) is 10.9. The van der Waals surface area contributed by atoms with Crippen molar-refractivity contribution in [2.75, 3.05) is 25.9 Å². The Morgan fingerprint density at radius 1 is 1.00 bits per heavy atom. The van der Waals surface area contributed by atoms with Crippen LogP contribution in [0.3, 0.4) is 0 Å². The molecule has 0 saturated carbocycles. The van der Waals surface area contributed by atoms with E-state index in [1.54, 1.807) is 36.0 Å². The van der Waals surface area contributed by atoms with Crippen LogP contribution in [0.25, 0.3) is 0 Å². The third-order valence-electron chi connectivity index (χ3n) is 4.21. The van der Waals surface area contributed by atoms with Gasteiger partial charge in [0.25, 0.3) is 0 Å². The standard InChI is InChI=1S/C22H28F2N4OS.HI/c1-3-25-22(28-14-17-7-8-20(24)13-18(17)15-30-2)27-10-9-26-21(29)12-16-5-4-6-19(23)11-16;/h4-8,11,13H,3,9-10,12,14-15H2,1-2H3,(H,26,29)(H2,25,27,28);1H. The molecule has 3 N–H and O–H groups in total. The first kappa shape index (κ1) is 27.2. The molecule has 170 valence electrons. The number of carbonyl (C=O) groups excluding carboxylic acids is 1. The molecule has 0 fully saturated rings. The minimum atomic E-state index is -0.352. The van der Waals surface area contributed by atoms with Gasteiger partial charge in [-0.15, -0.1) is 24.0 Å². The number of rotatable bonds is 10. The Bertz CT molecular complexity index is 867. The Labute approximate surface area is 203 Å². The van der Waals surface area contributed by atoms with Crippen LogP contribution < -0.4 is 16.0 Å². The molecule has 2 rings (SSSR count). The number of hydrogen-bond acceptors (Lipinski definition) is 3. The van der Waals surface area contributed by atoms with Crippen molar-refractivity contribution in [1.82, 2.24) is 16.0 Å². The number of carbonyl (C=O) groups is 1. The fourth-order valence-electron chi connectivity index (χ4n) is 2.82. The summed E-state index contributed by atoms with van der Waals surface area (Å²) in [5.41, 5.74) is 2.55. The predicted molar refractivity (Wildman–Crippen MR) is 135 cm³/mol. The highest BCUT2D eigenvalue weighted by Crippen LogP contribution is 2.17. The van der Waals surface area contributed by atoms with E-state index in [2.05, 4.69) is 20.9 Å². The highest BCUT2D eigenvalue weighted by Gasteiger charge is 2.06. The van der Waals surface area contributed by atoms with Crippen LogP contribution in [-0.2, 0) is 23.5 Å². The highest BCUT2D eigenvalue weighted by molar-refractivity contribution is 14.0. The number of guanidine groups is 1. The zero-order chi connectivity index (χ0) is 21.8. The summed E-state index contributed by atoms with van der Waals surface area (Å²) < 4.78 is 26.7. The summed E-state index contributed by atoms with van der Waals surface area (Å²) in [7, 11) is 0. The summed E-state index contributed by atoms with van der Waals surface area (Å²) in [5.74, 6) is 0.582. The maximum Gasteiger partial charge on any atom is 0.224 e. The fourth-order valence-corrected chi connectivity index (χ4v) is 3.40. The SMILES string of the molecule is CCNC(=NCc1ccc(F)cc1CSC)NCCNC(=O)Cc1cccc(F)c1.I. The first-order valence-corrected chi connectivity index (χ1v) is 11.2. The average Bonchev–Trinajstić information content (AvgIpc) is 2.70. The number of thioether (sulfide) groups is 1. The maximum absolute atomic E-state index is 13.5. The Morgan fingerprint density at radius 3 is 2.45 bits per heavy atom. The summed E-state index contributed by atoms with van der Waals surface area (Å²) in [6, 6.07) is 10.8. The molecule has 0 atom stereocenters. The Hall–Kier alpha value is -1.88. The predicted octanol–water partition coefficient (Wildman–Crippen LogP) is 3.86. The first-order valence-electron chi connectivity index (χ1n) is 9.81. The van der Waals surface area contributed by atoms with Gasteiger partial charge in [0.15, 0.2) is 5.96 Å². The van der Waals surface area contributed by atoms with Crippen LogP contribution in [0, 0.1) is 11.6 Å². The molecule has 0 radical (unpaired) electrons. The van der Waals surface area contributed by atoms with Crippen molar-refractivity contribution < 1.29 is 13.6 Å². The van der Waals surface area contributed by atoms with Gasteiger partial charge in [-0.25, -0.2) is 13.8 Å². The molecule has 0 unspecified atom stereocenters. The van der Waals surface area contributed by atoms with Crippen LogP contribution >= 0.6 is 35.7 Å². The zero-order valence-electron chi connectivity index (χ0n) is 17.7. The first-order chi connectivity index (χ1) is 14.5. The summed E-state index contributed by atoms with van der Waals surface area (Å²) in [5, 5.41) is 9.12. The molecular weight excluding hydrogens is 533 g/mol. The van der Waals surface area contributed by atoms with Gasteiger partial charge in [-0.2, -0.15) is 11.8 Å². The smallest absolute Gasteiger partial charge is 0.224 e. The van der Waals surface area contributed by atoms with Crippen molar-refractivity contribution >= 4 is 47.6 Å². The van der Waals surface area contributed by atoms with Gasteiger partial charge in [-0.05, 0) is 54.1 Å². The van der Waals surface area contributed by atoms with E-state index in [4.69, 9.17) is 0 Å². The van der Waals surface area contributed by atoms with Crippen LogP contribution in [-0.4, -0.2) is 37.8 Å². The van der Waals surface area contributed by atoms with Gasteiger partial charge in [0.1, 0.15) is 11.6 Å². The van der Waals surface area contributed by atoms with Crippen molar-refractivity contribution in [3.05, 3.63) is 70.8 Å². The van der Waals surface area contributed by atoms with Crippen LogP contribution in [0.15, 0.2) is 47.5 Å². The van der Waals surface area contributed by atoms with Crippen molar-refractivity contribution in [3.8, 4) is 0 Å². The number of nitrogens with zero attached hydrogens (tertiary/aromatic N) is 1. The van der Waals surface area contributed by atoms with Gasteiger partial charge in [0.2, 0.25) is 5.91 Å². The zero-order valence-corrected chi connectivity index (χ0v) is 20.9. The Balaban J connectivity index is 0.00000480. The molecule has 1 amide bonds. The summed E-state index contributed by atoms with van der Waals surface area (Å²) in [6.45, 7) is 3.99. The molecule has 0 aliphatic rings. The van der Waals surface area contributed by atoms with Gasteiger partial charge in [-0.3, -0.25) is 4.79 Å². The minimum Gasteiger partial charge on any atom is -0.357 e. The van der Waals surface area contributed by atoms with Crippen LogP contribution in [0.2, 0.25) is 0 Å². The number of hydrogen-bond donors (Lipinski definition) is 3. The molecule has 0 saturated heterocycles. The van der Waals surface area contributed by atoms with Gasteiger partial charge < -0.3 is 16.0 Å². The number of amides is 1. The van der Waals surface area contributed by atoms with Gasteiger partial charge >= 0.3 is 0 Å². The fraction of sp³-hybridized carbons (Fsp3) is 0.364. The molecule has 0 spiro atoms. The van der Waals surface area contributed by atoms with E-state index >= 15 is 0 Å². The monoisotopic (exact) mass is 562 g/mol. The van der Waals surface area contributed by atoms with E-state index in [9.17, 15) is 13.6 Å². The molecule has 31 heavy (non-hydrogen) atoms. The van der Waals surface area contributed by atoms with Crippen LogP contribution in [0.5, 0.6) is 0 Å². The molecule has 9 heteroatoms. The molecule has 0 bridgehead atoms. The van der Waals surface area contributed by atoms with Crippen molar-refractivity contribution in [2.45, 2.75) is 25.6 Å². The van der Waals surface area contributed by atoms with Crippen LogP contribution in [0.4, 0.5) is 8.78 Å². The molecular formula is C22H29F2IN4OS. The molecule has 2 aromatic rings. The molecule has 0 aliphatic heterocycles. The van der Waals surface area contributed by atoms with Crippen LogP contribution in [0.1, 0.15) is 23.6 Å². The molecule has 0 aliphatic carbocycles. The number of aliphatic imine (C=N–C) groups is 1. The van der Waals surface area contributed by atoms with Crippen molar-refractivity contribution in [2.24, 2.45) is 4.99 Å². The highest BCUT2D eigenvalue weighted by atomic mass is 127. The van der Waals surface area contributed by atoms with Crippen molar-refractivity contribution in [1.29, 1.82) is 0 Å². The van der Waals surface area contributed by atoms with Gasteiger partial charge in [-0.1, -0.05) is 18.2 Å². The summed E-state index contributed by atoms with van der Waals surface area (Å²) in [4.78, 5) is 16.6. The second kappa shape index (κ2) is 15.0. The lowest BCUT2D eigenvalue weighted by Gasteiger charge is -2.13. The second-order valence-electron chi connectivity index (χ2n) is 6.62. The third-order valence-corrected chi connectivity index (χ3v) is 4.81. The maximum atomic E-state index is 13.5. The van der Waals surface area contributed by atoms with Crippen molar-refractivity contribution in [3.63, 3.8) is 0 Å². The average molecular weight is 562 g/mol.